The number of hydrogen-bond acceptors (Lipinski definition) is 7. The molecule has 10 nitrogen and oxygen atoms in total. The number of carbonyl (C=O) groups is 1. The third-order valence-electron chi connectivity index (χ3n) is 4.10. The molecule has 13 heteroatoms. The van der Waals surface area contributed by atoms with Crippen LogP contribution in [0.15, 0.2) is 15.8 Å². The van der Waals surface area contributed by atoms with Crippen molar-refractivity contribution >= 4 is 5.91 Å². The van der Waals surface area contributed by atoms with Gasteiger partial charge in [-0.15, -0.1) is 0 Å². The second-order valence-corrected chi connectivity index (χ2v) is 6.27. The van der Waals surface area contributed by atoms with Gasteiger partial charge in [0.15, 0.2) is 0 Å². The molecule has 2 rings (SSSR count). The average Bonchev–Trinajstić information content (AvgIpc) is 3.04. The third-order valence-corrected chi connectivity index (χ3v) is 4.10. The van der Waals surface area contributed by atoms with Gasteiger partial charge >= 0.3 is 17.8 Å². The lowest BCUT2D eigenvalue weighted by Crippen LogP contribution is -2.38. The molecule has 2 heterocycles. The number of aromatic nitrogens is 2. The molecule has 1 aliphatic heterocycles. The maximum atomic E-state index is 12.0. The predicted octanol–water partition coefficient (Wildman–Crippen LogP) is -1.58. The Bertz CT molecular complexity index is 916. The molecule has 0 radical (unpaired) electrons. The summed E-state index contributed by atoms with van der Waals surface area (Å²) in [5.74, 6) is 3.12. The highest BCUT2D eigenvalue weighted by molar-refractivity contribution is 5.81. The fourth-order valence-corrected chi connectivity index (χ4v) is 2.59. The van der Waals surface area contributed by atoms with Crippen molar-refractivity contribution in [3.63, 3.8) is 0 Å². The van der Waals surface area contributed by atoms with E-state index in [-0.39, 0.29) is 38.2 Å². The van der Waals surface area contributed by atoms with Crippen LogP contribution in [-0.2, 0) is 20.7 Å². The molecule has 4 N–H and O–H groups in total. The van der Waals surface area contributed by atoms with E-state index in [1.165, 1.54) is 6.20 Å². The second-order valence-electron chi connectivity index (χ2n) is 6.27. The molecule has 0 spiro atoms. The van der Waals surface area contributed by atoms with Gasteiger partial charge in [-0.3, -0.25) is 19.1 Å². The van der Waals surface area contributed by atoms with Crippen molar-refractivity contribution in [3.05, 3.63) is 32.6 Å². The largest absolute Gasteiger partial charge is 0.471 e. The Morgan fingerprint density at radius 2 is 2.13 bits per heavy atom. The Morgan fingerprint density at radius 1 is 1.40 bits per heavy atom. The van der Waals surface area contributed by atoms with E-state index in [4.69, 9.17) is 14.6 Å². The number of H-pyrrole nitrogens is 1. The summed E-state index contributed by atoms with van der Waals surface area (Å²) in [6.07, 6.45) is -6.35. The first-order valence-electron chi connectivity index (χ1n) is 8.80. The van der Waals surface area contributed by atoms with Gasteiger partial charge in [-0.05, 0) is 0 Å². The number of alkyl halides is 3. The van der Waals surface area contributed by atoms with E-state index < -0.39 is 48.4 Å². The zero-order valence-corrected chi connectivity index (χ0v) is 15.6. The standard InChI is InChI=1S/C17H20F3N3O7/c18-17(19,20)15(27)21-4-6-29-5-2-1-3-10-8-23(16(28)22-14(10)26)13-7-11(25)12(9-24)30-13/h8,11-13,24-25H,3-7,9H2,(H,21,27)(H,22,26,28)/t11-,12+,13+/m0/s1. The summed E-state index contributed by atoms with van der Waals surface area (Å²) in [5, 5.41) is 20.5. The van der Waals surface area contributed by atoms with Crippen LogP contribution in [0.3, 0.4) is 0 Å². The van der Waals surface area contributed by atoms with Crippen molar-refractivity contribution in [2.45, 2.75) is 37.5 Å². The lowest BCUT2D eigenvalue weighted by atomic mass is 10.2. The lowest BCUT2D eigenvalue weighted by Gasteiger charge is -2.14. The molecule has 1 aromatic heterocycles. The first-order chi connectivity index (χ1) is 14.1. The number of nitrogens with zero attached hydrogens (tertiary/aromatic N) is 1. The monoisotopic (exact) mass is 435 g/mol. The van der Waals surface area contributed by atoms with Crippen molar-refractivity contribution in [1.82, 2.24) is 14.9 Å². The average molecular weight is 435 g/mol. The molecule has 0 aromatic carbocycles. The highest BCUT2D eigenvalue weighted by atomic mass is 19.4. The van der Waals surface area contributed by atoms with Crippen LogP contribution in [0.2, 0.25) is 0 Å². The molecule has 166 valence electrons. The van der Waals surface area contributed by atoms with Crippen LogP contribution >= 0.6 is 0 Å². The molecule has 3 atom stereocenters. The van der Waals surface area contributed by atoms with Crippen LogP contribution in [-0.4, -0.2) is 70.4 Å². The molecule has 1 fully saturated rings. The Hall–Kier alpha value is -2.66. The summed E-state index contributed by atoms with van der Waals surface area (Å²) in [6, 6.07) is 0. The van der Waals surface area contributed by atoms with Gasteiger partial charge in [0.25, 0.3) is 5.56 Å². The Kier molecular flexibility index (Phi) is 8.18. The molecule has 1 saturated heterocycles. The number of hydrogen-bond donors (Lipinski definition) is 4. The zero-order chi connectivity index (χ0) is 22.3. The second kappa shape index (κ2) is 10.4. The summed E-state index contributed by atoms with van der Waals surface area (Å²) < 4.78 is 47.4. The van der Waals surface area contributed by atoms with Gasteiger partial charge in [0.2, 0.25) is 0 Å². The number of amides is 1. The van der Waals surface area contributed by atoms with Gasteiger partial charge in [-0.2, -0.15) is 13.2 Å². The molecule has 1 aromatic rings. The maximum Gasteiger partial charge on any atom is 0.471 e. The number of halogens is 3. The van der Waals surface area contributed by atoms with E-state index >= 15 is 0 Å². The van der Waals surface area contributed by atoms with Gasteiger partial charge < -0.3 is 25.0 Å². The number of nitrogens with one attached hydrogen (secondary N) is 2. The fourth-order valence-electron chi connectivity index (χ4n) is 2.59. The van der Waals surface area contributed by atoms with Crippen molar-refractivity contribution in [3.8, 4) is 11.8 Å². The van der Waals surface area contributed by atoms with E-state index in [9.17, 15) is 32.7 Å². The van der Waals surface area contributed by atoms with Crippen molar-refractivity contribution in [1.29, 1.82) is 0 Å². The van der Waals surface area contributed by atoms with Gasteiger partial charge in [-0.1, -0.05) is 11.8 Å². The minimum Gasteiger partial charge on any atom is -0.394 e. The Morgan fingerprint density at radius 3 is 2.77 bits per heavy atom. The summed E-state index contributed by atoms with van der Waals surface area (Å²) >= 11 is 0. The van der Waals surface area contributed by atoms with Crippen LogP contribution < -0.4 is 16.6 Å². The number of carbonyl (C=O) groups excluding carboxylic acids is 1. The van der Waals surface area contributed by atoms with E-state index in [0.717, 1.165) is 4.57 Å². The highest BCUT2D eigenvalue weighted by Crippen LogP contribution is 2.27. The predicted molar refractivity (Wildman–Crippen MR) is 94.3 cm³/mol. The quantitative estimate of drug-likeness (QED) is 0.299. The minimum absolute atomic E-state index is 0.0531. The van der Waals surface area contributed by atoms with Crippen molar-refractivity contribution < 1.29 is 37.7 Å². The van der Waals surface area contributed by atoms with Crippen LogP contribution in [0.5, 0.6) is 0 Å². The van der Waals surface area contributed by atoms with E-state index in [1.54, 1.807) is 5.32 Å². The maximum absolute atomic E-state index is 12.0. The van der Waals surface area contributed by atoms with Crippen molar-refractivity contribution in [2.75, 3.05) is 26.4 Å². The number of aliphatic hydroxyl groups excluding tert-OH is 2. The molecule has 0 bridgehead atoms. The Labute approximate surface area is 167 Å². The normalized spacial score (nSPS) is 21.2. The topological polar surface area (TPSA) is 143 Å². The van der Waals surface area contributed by atoms with E-state index in [1.807, 2.05) is 0 Å². The first kappa shape index (κ1) is 23.6. The molecule has 1 amide bonds. The van der Waals surface area contributed by atoms with Crippen LogP contribution in [0.25, 0.3) is 0 Å². The van der Waals surface area contributed by atoms with Gasteiger partial charge in [0.05, 0.1) is 19.3 Å². The van der Waals surface area contributed by atoms with Gasteiger partial charge in [-0.25, -0.2) is 4.79 Å². The summed E-state index contributed by atoms with van der Waals surface area (Å²) in [6.45, 7) is -1.09. The van der Waals surface area contributed by atoms with Crippen LogP contribution in [0.1, 0.15) is 18.2 Å². The third kappa shape index (κ3) is 6.42. The molecule has 0 aliphatic carbocycles. The smallest absolute Gasteiger partial charge is 0.394 e. The van der Waals surface area contributed by atoms with Crippen LogP contribution in [0.4, 0.5) is 13.2 Å². The van der Waals surface area contributed by atoms with Gasteiger partial charge in [0, 0.05) is 31.1 Å². The number of aromatic amines is 1. The zero-order valence-electron chi connectivity index (χ0n) is 15.6. The summed E-state index contributed by atoms with van der Waals surface area (Å²) in [7, 11) is 0. The molecule has 30 heavy (non-hydrogen) atoms. The molecule has 1 aliphatic rings. The number of ether oxygens (including phenoxy) is 2. The van der Waals surface area contributed by atoms with Crippen molar-refractivity contribution in [2.24, 2.45) is 0 Å². The highest BCUT2D eigenvalue weighted by Gasteiger charge is 2.38. The van der Waals surface area contributed by atoms with E-state index in [0.29, 0.717) is 0 Å². The van der Waals surface area contributed by atoms with Gasteiger partial charge in [0.1, 0.15) is 18.9 Å². The lowest BCUT2D eigenvalue weighted by molar-refractivity contribution is -0.173. The molecule has 0 unspecified atom stereocenters. The summed E-state index contributed by atoms with van der Waals surface area (Å²) in [4.78, 5) is 36.6. The first-order valence-corrected chi connectivity index (χ1v) is 8.80. The minimum atomic E-state index is -4.95. The number of rotatable bonds is 7. The SMILES string of the molecule is O=C(NCCOCC#CCc1cn([C@H]2C[C@H](O)[C@@H](CO)O2)c(=O)[nH]c1=O)C(F)(F)F. The summed E-state index contributed by atoms with van der Waals surface area (Å²) in [5.41, 5.74) is -1.25. The molecular formula is C17H20F3N3O7. The molecule has 0 saturated carbocycles. The molecular weight excluding hydrogens is 415 g/mol. The number of aliphatic hydroxyl groups is 2. The van der Waals surface area contributed by atoms with E-state index in [2.05, 4.69) is 16.8 Å². The Balaban J connectivity index is 1.86. The van der Waals surface area contributed by atoms with Crippen LogP contribution in [0, 0.1) is 11.8 Å². The fraction of sp³-hybridized carbons (Fsp3) is 0.588.